The molecule has 106 valence electrons. The second-order valence-corrected chi connectivity index (χ2v) is 7.41. The van der Waals surface area contributed by atoms with Crippen molar-refractivity contribution in [1.82, 2.24) is 9.88 Å². The summed E-state index contributed by atoms with van der Waals surface area (Å²) in [5, 5.41) is 4.35. The first-order valence-electron chi connectivity index (χ1n) is 7.61. The van der Waals surface area contributed by atoms with E-state index in [1.54, 1.807) is 11.3 Å². The maximum absolute atomic E-state index is 4.41. The summed E-state index contributed by atoms with van der Waals surface area (Å²) in [4.78, 5) is 8.28. The Morgan fingerprint density at radius 3 is 3.00 bits per heavy atom. The van der Waals surface area contributed by atoms with Crippen LogP contribution in [0.3, 0.4) is 0 Å². The van der Waals surface area contributed by atoms with Crippen molar-refractivity contribution in [2.45, 2.75) is 39.2 Å². The van der Waals surface area contributed by atoms with Crippen LogP contribution in [0.1, 0.15) is 37.5 Å². The molecule has 2 fully saturated rings. The zero-order valence-corrected chi connectivity index (χ0v) is 12.9. The molecule has 1 aromatic rings. The summed E-state index contributed by atoms with van der Waals surface area (Å²) in [5.74, 6) is 3.06. The van der Waals surface area contributed by atoms with Crippen molar-refractivity contribution < 1.29 is 0 Å². The number of hydrogen-bond donors (Lipinski definition) is 1. The highest BCUT2D eigenvalue weighted by molar-refractivity contribution is 7.15. The van der Waals surface area contributed by atoms with Crippen molar-refractivity contribution in [1.29, 1.82) is 0 Å². The smallest absolute Gasteiger partial charge is 0.182 e. The first-order valence-corrected chi connectivity index (χ1v) is 8.43. The minimum atomic E-state index is 0.952. The lowest BCUT2D eigenvalue weighted by atomic mass is 9.88. The van der Waals surface area contributed by atoms with Gasteiger partial charge < -0.3 is 10.2 Å². The van der Waals surface area contributed by atoms with Crippen molar-refractivity contribution in [2.75, 3.05) is 25.5 Å². The van der Waals surface area contributed by atoms with Gasteiger partial charge in [-0.3, -0.25) is 0 Å². The monoisotopic (exact) mass is 279 g/mol. The van der Waals surface area contributed by atoms with Gasteiger partial charge in [0.2, 0.25) is 0 Å². The van der Waals surface area contributed by atoms with Crippen molar-refractivity contribution in [3.63, 3.8) is 0 Å². The van der Waals surface area contributed by atoms with E-state index in [1.165, 1.54) is 37.1 Å². The molecule has 0 radical (unpaired) electrons. The highest BCUT2D eigenvalue weighted by Gasteiger charge is 2.39. The summed E-state index contributed by atoms with van der Waals surface area (Å²) in [6.07, 6.45) is 8.03. The molecule has 0 aromatic carbocycles. The summed E-state index contributed by atoms with van der Waals surface area (Å²) in [6, 6.07) is 0. The average Bonchev–Trinajstić information content (AvgIpc) is 3.06. The standard InChI is InChI=1S/C15H25N3S/c1-3-16-15-17-8-14(19-15)10-18(2)9-13-7-11-4-5-12(13)6-11/h8,11-13H,3-7,9-10H2,1-2H3,(H,16,17). The van der Waals surface area contributed by atoms with Gasteiger partial charge in [0.15, 0.2) is 5.13 Å². The Balaban J connectivity index is 1.49. The fourth-order valence-corrected chi connectivity index (χ4v) is 4.91. The molecule has 0 saturated heterocycles. The minimum absolute atomic E-state index is 0.952. The molecule has 2 aliphatic rings. The molecule has 3 atom stereocenters. The van der Waals surface area contributed by atoms with Crippen LogP contribution in [0.25, 0.3) is 0 Å². The number of thiazole rings is 1. The molecule has 3 unspecified atom stereocenters. The van der Waals surface area contributed by atoms with Crippen LogP contribution < -0.4 is 5.32 Å². The normalized spacial score (nSPS) is 29.3. The van der Waals surface area contributed by atoms with Crippen LogP contribution in [0.5, 0.6) is 0 Å². The largest absolute Gasteiger partial charge is 0.362 e. The number of fused-ring (bicyclic) bond motifs is 2. The number of aromatic nitrogens is 1. The molecule has 19 heavy (non-hydrogen) atoms. The molecular weight excluding hydrogens is 254 g/mol. The number of hydrogen-bond acceptors (Lipinski definition) is 4. The fourth-order valence-electron chi connectivity index (χ4n) is 3.94. The molecule has 2 bridgehead atoms. The SMILES string of the molecule is CCNc1ncc(CN(C)CC2CC3CCC2C3)s1. The van der Waals surface area contributed by atoms with Crippen LogP contribution in [0, 0.1) is 17.8 Å². The van der Waals surface area contributed by atoms with Crippen molar-refractivity contribution in [3.8, 4) is 0 Å². The summed E-state index contributed by atoms with van der Waals surface area (Å²) >= 11 is 1.80. The van der Waals surface area contributed by atoms with Gasteiger partial charge in [0.25, 0.3) is 0 Å². The van der Waals surface area contributed by atoms with Gasteiger partial charge in [0.05, 0.1) is 0 Å². The Hall–Kier alpha value is -0.610. The van der Waals surface area contributed by atoms with Crippen LogP contribution >= 0.6 is 11.3 Å². The molecule has 2 aliphatic carbocycles. The second kappa shape index (κ2) is 5.80. The number of nitrogens with zero attached hydrogens (tertiary/aromatic N) is 2. The predicted octanol–water partition coefficient (Wildman–Crippen LogP) is 3.44. The quantitative estimate of drug-likeness (QED) is 0.864. The fraction of sp³-hybridized carbons (Fsp3) is 0.800. The molecule has 4 heteroatoms. The van der Waals surface area contributed by atoms with E-state index in [9.17, 15) is 0 Å². The highest BCUT2D eigenvalue weighted by atomic mass is 32.1. The van der Waals surface area contributed by atoms with E-state index >= 15 is 0 Å². The van der Waals surface area contributed by atoms with Crippen molar-refractivity contribution in [2.24, 2.45) is 17.8 Å². The molecule has 1 N–H and O–H groups in total. The van der Waals surface area contributed by atoms with E-state index in [1.807, 2.05) is 6.20 Å². The number of rotatable bonds is 6. The Bertz CT molecular complexity index is 417. The zero-order valence-electron chi connectivity index (χ0n) is 12.1. The molecule has 1 heterocycles. The summed E-state index contributed by atoms with van der Waals surface area (Å²) in [5.41, 5.74) is 0. The van der Waals surface area contributed by atoms with E-state index in [-0.39, 0.29) is 0 Å². The van der Waals surface area contributed by atoms with Gasteiger partial charge in [-0.1, -0.05) is 6.42 Å². The van der Waals surface area contributed by atoms with Gasteiger partial charge in [0.1, 0.15) is 0 Å². The second-order valence-electron chi connectivity index (χ2n) is 6.29. The van der Waals surface area contributed by atoms with Crippen LogP contribution in [0.2, 0.25) is 0 Å². The zero-order chi connectivity index (χ0) is 13.2. The molecule has 1 aromatic heterocycles. The number of anilines is 1. The van der Waals surface area contributed by atoms with Crippen LogP contribution in [-0.2, 0) is 6.54 Å². The first kappa shape index (κ1) is 13.4. The summed E-state index contributed by atoms with van der Waals surface area (Å²) in [7, 11) is 2.26. The van der Waals surface area contributed by atoms with E-state index in [4.69, 9.17) is 0 Å². The summed E-state index contributed by atoms with van der Waals surface area (Å²) in [6.45, 7) is 5.39. The topological polar surface area (TPSA) is 28.2 Å². The van der Waals surface area contributed by atoms with Gasteiger partial charge in [-0.25, -0.2) is 4.98 Å². The minimum Gasteiger partial charge on any atom is -0.362 e. The number of nitrogens with one attached hydrogen (secondary N) is 1. The van der Waals surface area contributed by atoms with Gasteiger partial charge in [-0.2, -0.15) is 0 Å². The van der Waals surface area contributed by atoms with Crippen molar-refractivity contribution >= 4 is 16.5 Å². The molecule has 0 spiro atoms. The van der Waals surface area contributed by atoms with Gasteiger partial charge >= 0.3 is 0 Å². The lowest BCUT2D eigenvalue weighted by Gasteiger charge is -2.26. The van der Waals surface area contributed by atoms with Gasteiger partial charge in [-0.15, -0.1) is 11.3 Å². The van der Waals surface area contributed by atoms with Crippen molar-refractivity contribution in [3.05, 3.63) is 11.1 Å². The Kier molecular flexibility index (Phi) is 4.08. The summed E-state index contributed by atoms with van der Waals surface area (Å²) < 4.78 is 0. The molecule has 2 saturated carbocycles. The van der Waals surface area contributed by atoms with Crippen LogP contribution in [0.4, 0.5) is 5.13 Å². The Labute approximate surface area is 120 Å². The third-order valence-electron chi connectivity index (χ3n) is 4.74. The third kappa shape index (κ3) is 3.11. The molecule has 0 aliphatic heterocycles. The Morgan fingerprint density at radius 1 is 1.42 bits per heavy atom. The van der Waals surface area contributed by atoms with Crippen LogP contribution in [-0.4, -0.2) is 30.0 Å². The van der Waals surface area contributed by atoms with E-state index in [0.29, 0.717) is 0 Å². The Morgan fingerprint density at radius 2 is 2.32 bits per heavy atom. The van der Waals surface area contributed by atoms with E-state index in [2.05, 4.69) is 29.2 Å². The van der Waals surface area contributed by atoms with E-state index < -0.39 is 0 Å². The lowest BCUT2D eigenvalue weighted by Crippen LogP contribution is -2.28. The maximum Gasteiger partial charge on any atom is 0.182 e. The van der Waals surface area contributed by atoms with E-state index in [0.717, 1.165) is 36.0 Å². The third-order valence-corrected chi connectivity index (χ3v) is 5.68. The highest BCUT2D eigenvalue weighted by Crippen LogP contribution is 2.48. The first-order chi connectivity index (χ1) is 9.24. The maximum atomic E-state index is 4.41. The van der Waals surface area contributed by atoms with Gasteiger partial charge in [0, 0.05) is 30.7 Å². The molecule has 3 nitrogen and oxygen atoms in total. The molecular formula is C15H25N3S. The molecule has 0 amide bonds. The average molecular weight is 279 g/mol. The van der Waals surface area contributed by atoms with Crippen LogP contribution in [0.15, 0.2) is 6.20 Å². The predicted molar refractivity (Wildman–Crippen MR) is 81.5 cm³/mol. The lowest BCUT2D eigenvalue weighted by molar-refractivity contribution is 0.215. The van der Waals surface area contributed by atoms with Gasteiger partial charge in [-0.05, 0) is 51.0 Å². The molecule has 3 rings (SSSR count).